The average Bonchev–Trinajstić information content (AvgIpc) is 2.80. The van der Waals surface area contributed by atoms with Gasteiger partial charge in [-0.15, -0.1) is 0 Å². The molecule has 0 spiro atoms. The summed E-state index contributed by atoms with van der Waals surface area (Å²) in [7, 11) is 0. The molecule has 3 aromatic rings. The van der Waals surface area contributed by atoms with Crippen molar-refractivity contribution in [3.63, 3.8) is 0 Å². The first kappa shape index (κ1) is 21.5. The number of aromatic nitrogens is 1. The van der Waals surface area contributed by atoms with Crippen LogP contribution in [0.4, 0.5) is 11.5 Å². The minimum Gasteiger partial charge on any atom is -0.340 e. The van der Waals surface area contributed by atoms with Crippen LogP contribution in [0, 0.1) is 0 Å². The highest BCUT2D eigenvalue weighted by Crippen LogP contribution is 2.28. The summed E-state index contributed by atoms with van der Waals surface area (Å²) in [6, 6.07) is 20.4. The number of nitrogens with zero attached hydrogens (tertiary/aromatic N) is 1. The smallest absolute Gasteiger partial charge is 0.266 e. The monoisotopic (exact) mass is 420 g/mol. The fourth-order valence-electron chi connectivity index (χ4n) is 2.91. The number of amides is 1. The average molecular weight is 421 g/mol. The Bertz CT molecular complexity index is 967. The van der Waals surface area contributed by atoms with Crippen LogP contribution in [-0.4, -0.2) is 35.2 Å². The molecule has 7 heteroatoms. The van der Waals surface area contributed by atoms with Crippen molar-refractivity contribution in [2.45, 2.75) is 12.5 Å². The van der Waals surface area contributed by atoms with Crippen molar-refractivity contribution in [2.24, 2.45) is 0 Å². The summed E-state index contributed by atoms with van der Waals surface area (Å²) in [5.41, 5.74) is 8.53. The molecule has 3 N–H and O–H groups in total. The Balaban J connectivity index is 1.84. The third kappa shape index (κ3) is 5.92. The molecule has 0 aliphatic carbocycles. The van der Waals surface area contributed by atoms with E-state index in [2.05, 4.69) is 21.2 Å². The van der Waals surface area contributed by atoms with Gasteiger partial charge in [-0.25, -0.2) is 10.4 Å². The van der Waals surface area contributed by atoms with Gasteiger partial charge >= 0.3 is 0 Å². The quantitative estimate of drug-likeness (QED) is 0.339. The lowest BCUT2D eigenvalue weighted by atomic mass is 9.98. The van der Waals surface area contributed by atoms with Crippen LogP contribution in [0.1, 0.15) is 16.8 Å². The molecule has 3 rings (SSSR count). The predicted molar refractivity (Wildman–Crippen MR) is 123 cm³/mol. The minimum atomic E-state index is -0.424. The molecular weight excluding hydrogens is 396 g/mol. The molecule has 0 saturated heterocycles. The van der Waals surface area contributed by atoms with Gasteiger partial charge in [0.05, 0.1) is 6.04 Å². The molecule has 1 aromatic heterocycles. The van der Waals surface area contributed by atoms with Crippen molar-refractivity contribution in [1.29, 1.82) is 0 Å². The third-order valence-corrected chi connectivity index (χ3v) is 5.10. The molecule has 6 nitrogen and oxygen atoms in total. The van der Waals surface area contributed by atoms with E-state index in [0.29, 0.717) is 12.0 Å². The van der Waals surface area contributed by atoms with Gasteiger partial charge in [0, 0.05) is 17.4 Å². The number of hydrogen-bond donors (Lipinski definition) is 3. The largest absolute Gasteiger partial charge is 0.340 e. The molecular formula is C23H24N4O2S. The molecule has 1 unspecified atom stereocenters. The Kier molecular flexibility index (Phi) is 8.00. The normalized spacial score (nSPS) is 11.5. The highest BCUT2D eigenvalue weighted by molar-refractivity contribution is 7.98. The van der Waals surface area contributed by atoms with E-state index >= 15 is 0 Å². The summed E-state index contributed by atoms with van der Waals surface area (Å²) < 4.78 is 0. The Morgan fingerprint density at radius 3 is 2.60 bits per heavy atom. The van der Waals surface area contributed by atoms with Gasteiger partial charge in [-0.1, -0.05) is 36.4 Å². The minimum absolute atomic E-state index is 0.297. The van der Waals surface area contributed by atoms with E-state index in [1.807, 2.05) is 66.9 Å². The third-order valence-electron chi connectivity index (χ3n) is 4.45. The van der Waals surface area contributed by atoms with Crippen LogP contribution in [0.25, 0.3) is 11.1 Å². The molecule has 0 fully saturated rings. The Labute approximate surface area is 180 Å². The van der Waals surface area contributed by atoms with Crippen molar-refractivity contribution in [2.75, 3.05) is 17.3 Å². The van der Waals surface area contributed by atoms with Crippen molar-refractivity contribution in [3.05, 3.63) is 78.5 Å². The molecule has 30 heavy (non-hydrogen) atoms. The van der Waals surface area contributed by atoms with Crippen LogP contribution in [0.2, 0.25) is 0 Å². The molecule has 1 atom stereocenters. The number of hydrogen-bond acceptors (Lipinski definition) is 6. The first-order chi connectivity index (χ1) is 14.7. The van der Waals surface area contributed by atoms with Crippen LogP contribution in [0.15, 0.2) is 72.9 Å². The number of carbonyl (C=O) groups is 2. The van der Waals surface area contributed by atoms with E-state index in [-0.39, 0.29) is 5.91 Å². The summed E-state index contributed by atoms with van der Waals surface area (Å²) in [4.78, 5) is 28.4. The summed E-state index contributed by atoms with van der Waals surface area (Å²) in [6.45, 7) is 0. The summed E-state index contributed by atoms with van der Waals surface area (Å²) >= 11 is 1.65. The van der Waals surface area contributed by atoms with Crippen LogP contribution in [0.5, 0.6) is 0 Å². The fourth-order valence-corrected chi connectivity index (χ4v) is 3.40. The molecule has 1 heterocycles. The maximum absolute atomic E-state index is 12.9. The molecule has 0 radical (unpaired) electrons. The molecule has 0 aliphatic heterocycles. The topological polar surface area (TPSA) is 83.1 Å². The van der Waals surface area contributed by atoms with Crippen molar-refractivity contribution >= 4 is 35.5 Å². The second-order valence-electron chi connectivity index (χ2n) is 6.59. The zero-order chi connectivity index (χ0) is 21.2. The molecule has 0 saturated carbocycles. The number of thioether (sulfide) groups is 1. The lowest BCUT2D eigenvalue weighted by Gasteiger charge is -2.16. The van der Waals surface area contributed by atoms with E-state index in [1.165, 1.54) is 0 Å². The van der Waals surface area contributed by atoms with Crippen molar-refractivity contribution < 1.29 is 9.59 Å². The standard InChI is InChI=1S/C23H24N4O2S/c1-30-14-12-19(16-28)26-27-23(29)20-11-10-18(25-22-9-5-6-13-24-22)15-21(20)17-7-3-2-4-8-17/h2-11,13,15-16,19,26H,12,14H2,1H3,(H,24,25)(H,27,29). The number of hydrazine groups is 1. The van der Waals surface area contributed by atoms with E-state index in [4.69, 9.17) is 0 Å². The molecule has 0 aliphatic rings. The fraction of sp³-hybridized carbons (Fsp3) is 0.174. The van der Waals surface area contributed by atoms with Gasteiger partial charge in [-0.3, -0.25) is 10.2 Å². The summed E-state index contributed by atoms with van der Waals surface area (Å²) in [5.74, 6) is 1.25. The van der Waals surface area contributed by atoms with Gasteiger partial charge in [-0.05, 0) is 59.9 Å². The first-order valence-corrected chi connectivity index (χ1v) is 11.0. The van der Waals surface area contributed by atoms with E-state index in [1.54, 1.807) is 24.0 Å². The zero-order valence-electron chi connectivity index (χ0n) is 16.7. The van der Waals surface area contributed by atoms with Gasteiger partial charge in [0.25, 0.3) is 5.91 Å². The predicted octanol–water partition coefficient (Wildman–Crippen LogP) is 4.05. The van der Waals surface area contributed by atoms with Crippen LogP contribution in [0.3, 0.4) is 0 Å². The molecule has 2 aromatic carbocycles. The zero-order valence-corrected chi connectivity index (χ0v) is 17.5. The molecule has 154 valence electrons. The highest BCUT2D eigenvalue weighted by atomic mass is 32.2. The molecule has 1 amide bonds. The Morgan fingerprint density at radius 1 is 1.10 bits per heavy atom. The van der Waals surface area contributed by atoms with Crippen LogP contribution < -0.4 is 16.2 Å². The number of aldehydes is 1. The van der Waals surface area contributed by atoms with E-state index in [0.717, 1.165) is 34.7 Å². The second-order valence-corrected chi connectivity index (χ2v) is 7.57. The lowest BCUT2D eigenvalue weighted by Crippen LogP contribution is -2.45. The van der Waals surface area contributed by atoms with Gasteiger partial charge in [-0.2, -0.15) is 11.8 Å². The van der Waals surface area contributed by atoms with Gasteiger partial charge in [0.1, 0.15) is 12.1 Å². The van der Waals surface area contributed by atoms with E-state index in [9.17, 15) is 9.59 Å². The number of pyridine rings is 1. The van der Waals surface area contributed by atoms with Crippen LogP contribution >= 0.6 is 11.8 Å². The summed E-state index contributed by atoms with van der Waals surface area (Å²) in [5, 5.41) is 3.26. The van der Waals surface area contributed by atoms with Gasteiger partial charge in [0.15, 0.2) is 0 Å². The first-order valence-electron chi connectivity index (χ1n) is 9.59. The van der Waals surface area contributed by atoms with E-state index < -0.39 is 6.04 Å². The molecule has 0 bridgehead atoms. The maximum atomic E-state index is 12.9. The second kappa shape index (κ2) is 11.1. The van der Waals surface area contributed by atoms with Crippen molar-refractivity contribution in [1.82, 2.24) is 15.8 Å². The lowest BCUT2D eigenvalue weighted by molar-refractivity contribution is -0.109. The van der Waals surface area contributed by atoms with Gasteiger partial charge < -0.3 is 10.1 Å². The van der Waals surface area contributed by atoms with Crippen LogP contribution in [-0.2, 0) is 4.79 Å². The Hall–Kier alpha value is -3.16. The summed E-state index contributed by atoms with van der Waals surface area (Å²) in [6.07, 6.45) is 5.15. The number of nitrogens with one attached hydrogen (secondary N) is 3. The SMILES string of the molecule is CSCCC(C=O)NNC(=O)c1ccc(Nc2ccccn2)cc1-c1ccccc1. The number of benzene rings is 2. The van der Waals surface area contributed by atoms with Crippen molar-refractivity contribution in [3.8, 4) is 11.1 Å². The van der Waals surface area contributed by atoms with Gasteiger partial charge in [0.2, 0.25) is 0 Å². The number of anilines is 2. The highest BCUT2D eigenvalue weighted by Gasteiger charge is 2.15. The Morgan fingerprint density at radius 2 is 1.90 bits per heavy atom. The maximum Gasteiger partial charge on any atom is 0.266 e. The number of rotatable bonds is 10. The number of carbonyl (C=O) groups excluding carboxylic acids is 2.